The Morgan fingerprint density at radius 1 is 0.938 bits per heavy atom. The molecule has 2 nitrogen and oxygen atoms in total. The molecule has 0 radical (unpaired) electrons. The molecule has 0 spiro atoms. The third-order valence-electron chi connectivity index (χ3n) is 12.0. The lowest BCUT2D eigenvalue weighted by atomic mass is 9.43. The van der Waals surface area contributed by atoms with E-state index >= 15 is 0 Å². The fourth-order valence-electron chi connectivity index (χ4n) is 8.92. The van der Waals surface area contributed by atoms with Gasteiger partial charge in [-0.05, 0) is 122 Å². The first kappa shape index (κ1) is 25.0. The second kappa shape index (κ2) is 8.52. The molecule has 32 heavy (non-hydrogen) atoms. The zero-order valence-corrected chi connectivity index (χ0v) is 23.3. The van der Waals surface area contributed by atoms with Gasteiger partial charge in [0.1, 0.15) is 0 Å². The summed E-state index contributed by atoms with van der Waals surface area (Å²) in [5.74, 6) is 4.52. The molecule has 0 bridgehead atoms. The predicted molar refractivity (Wildman–Crippen MR) is 138 cm³/mol. The van der Waals surface area contributed by atoms with Gasteiger partial charge in [-0.1, -0.05) is 40.7 Å². The maximum Gasteiger partial charge on any atom is 0.191 e. The summed E-state index contributed by atoms with van der Waals surface area (Å²) >= 11 is 0. The van der Waals surface area contributed by atoms with Crippen LogP contribution in [0.4, 0.5) is 0 Å². The number of hydrogen-bond acceptors (Lipinski definition) is 2. The summed E-state index contributed by atoms with van der Waals surface area (Å²) in [4.78, 5) is 0. The van der Waals surface area contributed by atoms with E-state index < -0.39 is 8.32 Å². The van der Waals surface area contributed by atoms with Gasteiger partial charge in [0.25, 0.3) is 0 Å². The topological polar surface area (TPSA) is 29.5 Å². The molecule has 0 aliphatic heterocycles. The van der Waals surface area contributed by atoms with Crippen molar-refractivity contribution in [2.24, 2.45) is 46.3 Å². The first-order valence-corrected chi connectivity index (χ1v) is 16.7. The van der Waals surface area contributed by atoms with Gasteiger partial charge in [0, 0.05) is 6.61 Å². The van der Waals surface area contributed by atoms with Crippen LogP contribution in [-0.4, -0.2) is 26.1 Å². The van der Waals surface area contributed by atoms with Crippen LogP contribution in [0.15, 0.2) is 12.7 Å². The Morgan fingerprint density at radius 2 is 1.56 bits per heavy atom. The number of allylic oxidation sites excluding steroid dienone is 1. The van der Waals surface area contributed by atoms with Crippen molar-refractivity contribution in [2.75, 3.05) is 6.61 Å². The molecule has 1 N–H and O–H groups in total. The average Bonchev–Trinajstić information content (AvgIpc) is 3.04. The number of aliphatic hydroxyl groups excluding tert-OH is 1. The molecule has 0 aromatic carbocycles. The van der Waals surface area contributed by atoms with Crippen LogP contribution in [0.2, 0.25) is 18.1 Å². The van der Waals surface area contributed by atoms with Crippen molar-refractivity contribution in [3.05, 3.63) is 12.7 Å². The van der Waals surface area contributed by atoms with Crippen molar-refractivity contribution in [2.45, 2.75) is 117 Å². The highest BCUT2D eigenvalue weighted by molar-refractivity contribution is 6.74. The Balaban J connectivity index is 1.50. The van der Waals surface area contributed by atoms with Gasteiger partial charge in [0.05, 0.1) is 6.10 Å². The Bertz CT molecular complexity index is 696. The maximum absolute atomic E-state index is 10.8. The van der Waals surface area contributed by atoms with Gasteiger partial charge in [0.15, 0.2) is 8.32 Å². The minimum absolute atomic E-state index is 0.111. The van der Waals surface area contributed by atoms with E-state index in [0.29, 0.717) is 27.7 Å². The van der Waals surface area contributed by atoms with Gasteiger partial charge >= 0.3 is 0 Å². The minimum Gasteiger partial charge on any atom is -0.417 e. The van der Waals surface area contributed by atoms with Gasteiger partial charge in [0.2, 0.25) is 0 Å². The van der Waals surface area contributed by atoms with E-state index in [1.54, 1.807) is 0 Å². The molecule has 4 rings (SSSR count). The first-order valence-electron chi connectivity index (χ1n) is 13.8. The number of aliphatic hydroxyl groups is 1. The van der Waals surface area contributed by atoms with Gasteiger partial charge in [-0.15, -0.1) is 6.58 Å². The standard InChI is InChI=1S/C29H52O2Si/c1-9-10-22-24-14-12-21-23-13-11-20(19-31-32(7,8)27(2,3)4)28(23,5)17-15-25(21)29(24,6)18-16-26(22)30/h9,20-26,30H,1,10-19H2,2-8H3/t20?,21-,22?,23-,24?,25+,26?,28+,29-/m0/s1. The molecular weight excluding hydrogens is 408 g/mol. The summed E-state index contributed by atoms with van der Waals surface area (Å²) in [5, 5.41) is 11.1. The first-order chi connectivity index (χ1) is 14.8. The van der Waals surface area contributed by atoms with Crippen LogP contribution < -0.4 is 0 Å². The molecule has 4 aliphatic rings. The molecule has 3 heteroatoms. The molecule has 0 aromatic rings. The van der Waals surface area contributed by atoms with Crippen molar-refractivity contribution >= 4 is 8.32 Å². The van der Waals surface area contributed by atoms with Crippen molar-refractivity contribution in [3.8, 4) is 0 Å². The highest BCUT2D eigenvalue weighted by Gasteiger charge is 2.61. The van der Waals surface area contributed by atoms with E-state index in [-0.39, 0.29) is 6.10 Å². The Kier molecular flexibility index (Phi) is 6.65. The summed E-state index contributed by atoms with van der Waals surface area (Å²) in [6, 6.07) is 0. The fourth-order valence-corrected chi connectivity index (χ4v) is 9.97. The van der Waals surface area contributed by atoms with Crippen molar-refractivity contribution in [3.63, 3.8) is 0 Å². The van der Waals surface area contributed by atoms with E-state index in [1.807, 2.05) is 0 Å². The van der Waals surface area contributed by atoms with E-state index in [0.717, 1.165) is 43.1 Å². The molecule has 0 aromatic heterocycles. The van der Waals surface area contributed by atoms with Crippen molar-refractivity contribution < 1.29 is 9.53 Å². The van der Waals surface area contributed by atoms with Gasteiger partial charge in [-0.2, -0.15) is 0 Å². The summed E-state index contributed by atoms with van der Waals surface area (Å²) < 4.78 is 6.79. The molecule has 0 saturated heterocycles. The van der Waals surface area contributed by atoms with E-state index in [9.17, 15) is 5.11 Å². The lowest BCUT2D eigenvalue weighted by Crippen LogP contribution is -2.56. The summed E-state index contributed by atoms with van der Waals surface area (Å²) in [7, 11) is -1.69. The van der Waals surface area contributed by atoms with Crippen molar-refractivity contribution in [1.82, 2.24) is 0 Å². The molecule has 4 fully saturated rings. The summed E-state index contributed by atoms with van der Waals surface area (Å²) in [6.07, 6.45) is 13.5. The average molecular weight is 461 g/mol. The molecule has 4 saturated carbocycles. The van der Waals surface area contributed by atoms with Crippen LogP contribution in [0.25, 0.3) is 0 Å². The largest absolute Gasteiger partial charge is 0.417 e. The summed E-state index contributed by atoms with van der Waals surface area (Å²) in [6.45, 7) is 22.2. The third kappa shape index (κ3) is 3.90. The Labute approximate surface area is 200 Å². The lowest BCUT2D eigenvalue weighted by Gasteiger charge is -2.62. The fraction of sp³-hybridized carbons (Fsp3) is 0.931. The highest BCUT2D eigenvalue weighted by Crippen LogP contribution is 2.68. The molecular formula is C29H52O2Si. The second-order valence-electron chi connectivity index (χ2n) is 14.3. The quantitative estimate of drug-likeness (QED) is 0.334. The molecule has 184 valence electrons. The third-order valence-corrected chi connectivity index (χ3v) is 16.5. The normalized spacial score (nSPS) is 46.8. The van der Waals surface area contributed by atoms with E-state index in [1.165, 1.54) is 44.9 Å². The minimum atomic E-state index is -1.69. The monoisotopic (exact) mass is 460 g/mol. The van der Waals surface area contributed by atoms with Gasteiger partial charge in [-0.25, -0.2) is 0 Å². The molecule has 4 aliphatic carbocycles. The van der Waals surface area contributed by atoms with Crippen LogP contribution in [-0.2, 0) is 4.43 Å². The van der Waals surface area contributed by atoms with Crippen LogP contribution in [0.3, 0.4) is 0 Å². The maximum atomic E-state index is 10.8. The van der Waals surface area contributed by atoms with Crippen LogP contribution in [0.1, 0.15) is 92.4 Å². The molecule has 0 heterocycles. The van der Waals surface area contributed by atoms with E-state index in [4.69, 9.17) is 4.43 Å². The van der Waals surface area contributed by atoms with Gasteiger partial charge < -0.3 is 9.53 Å². The SMILES string of the molecule is C=CCC1C(O)CC[C@@]2(C)C1CC[C@@H]1[C@H]2CC[C@]2(C)C(CO[Si](C)(C)C(C)(C)C)CC[C@@H]12. The Morgan fingerprint density at radius 3 is 2.22 bits per heavy atom. The molecule has 0 amide bonds. The predicted octanol–water partition coefficient (Wildman–Crippen LogP) is 7.83. The molecule has 4 unspecified atom stereocenters. The zero-order chi connectivity index (χ0) is 23.5. The zero-order valence-electron chi connectivity index (χ0n) is 22.3. The lowest BCUT2D eigenvalue weighted by molar-refractivity contribution is -0.151. The number of rotatable bonds is 5. The van der Waals surface area contributed by atoms with Crippen LogP contribution in [0.5, 0.6) is 0 Å². The second-order valence-corrected chi connectivity index (χ2v) is 19.1. The number of fused-ring (bicyclic) bond motifs is 5. The molecule has 9 atom stereocenters. The Hall–Kier alpha value is -0.123. The van der Waals surface area contributed by atoms with Gasteiger partial charge in [-0.3, -0.25) is 0 Å². The van der Waals surface area contributed by atoms with Crippen molar-refractivity contribution in [1.29, 1.82) is 0 Å². The highest BCUT2D eigenvalue weighted by atomic mass is 28.4. The smallest absolute Gasteiger partial charge is 0.191 e. The van der Waals surface area contributed by atoms with Crippen LogP contribution in [0, 0.1) is 46.3 Å². The number of hydrogen-bond donors (Lipinski definition) is 1. The van der Waals surface area contributed by atoms with Crippen LogP contribution >= 0.6 is 0 Å². The summed E-state index contributed by atoms with van der Waals surface area (Å²) in [5.41, 5.74) is 0.897. The van der Waals surface area contributed by atoms with E-state index in [2.05, 4.69) is 60.4 Å².